The van der Waals surface area contributed by atoms with Crippen LogP contribution >= 0.6 is 0 Å². The maximum atomic E-state index is 11.2. The van der Waals surface area contributed by atoms with E-state index in [-0.39, 0.29) is 19.6 Å². The molecular weight excluding hydrogens is 234 g/mol. The molecule has 0 aromatic heterocycles. The molecule has 0 aliphatic carbocycles. The average molecular weight is 245 g/mol. The van der Waals surface area contributed by atoms with Gasteiger partial charge in [0.1, 0.15) is 6.42 Å². The van der Waals surface area contributed by atoms with Crippen LogP contribution in [0.2, 0.25) is 0 Å². The molecule has 0 aromatic rings. The Balaban J connectivity index is 2.36. The number of carbonyl (C=O) groups excluding carboxylic acids is 4. The predicted molar refractivity (Wildman–Crippen MR) is 49.8 cm³/mol. The molecule has 2 amide bonds. The number of hydrogen-bond acceptors (Lipinski definition) is 7. The summed E-state index contributed by atoms with van der Waals surface area (Å²) in [5, 5.41) is 0.367. The summed E-state index contributed by atoms with van der Waals surface area (Å²) in [5.41, 5.74) is 0. The summed E-state index contributed by atoms with van der Waals surface area (Å²) in [6.07, 6.45) is -0.694. The monoisotopic (exact) mass is 245 g/mol. The molecule has 1 rings (SSSR count). The summed E-state index contributed by atoms with van der Waals surface area (Å²) < 4.78 is 8.88. The molecule has 1 saturated heterocycles. The Kier molecular flexibility index (Phi) is 4.58. The third kappa shape index (κ3) is 3.83. The van der Waals surface area contributed by atoms with Gasteiger partial charge in [0.2, 0.25) is 0 Å². The highest BCUT2D eigenvalue weighted by atomic mass is 16.7. The molecule has 94 valence electrons. The van der Waals surface area contributed by atoms with Crippen LogP contribution in [0.5, 0.6) is 0 Å². The molecule has 1 aliphatic heterocycles. The van der Waals surface area contributed by atoms with E-state index in [9.17, 15) is 19.2 Å². The van der Waals surface area contributed by atoms with Crippen LogP contribution in [0.25, 0.3) is 0 Å². The molecule has 0 atom stereocenters. The predicted octanol–water partition coefficient (Wildman–Crippen LogP) is -0.869. The fourth-order valence-electron chi connectivity index (χ4n) is 1.09. The van der Waals surface area contributed by atoms with Crippen molar-refractivity contribution >= 4 is 23.8 Å². The highest BCUT2D eigenvalue weighted by Gasteiger charge is 2.33. The Hall–Kier alpha value is -1.96. The minimum Gasteiger partial charge on any atom is -0.438 e. The van der Waals surface area contributed by atoms with E-state index in [4.69, 9.17) is 0 Å². The fourth-order valence-corrected chi connectivity index (χ4v) is 1.09. The Labute approximate surface area is 96.4 Å². The highest BCUT2D eigenvalue weighted by molar-refractivity contribution is 6.02. The molecule has 8 heteroatoms. The van der Waals surface area contributed by atoms with Crippen molar-refractivity contribution in [2.75, 3.05) is 13.9 Å². The summed E-state index contributed by atoms with van der Waals surface area (Å²) in [6.45, 7) is -0.284. The van der Waals surface area contributed by atoms with Gasteiger partial charge in [0.05, 0.1) is 0 Å². The van der Waals surface area contributed by atoms with Crippen molar-refractivity contribution in [2.45, 2.75) is 19.3 Å². The first-order valence-electron chi connectivity index (χ1n) is 4.75. The Morgan fingerprint density at radius 3 is 2.29 bits per heavy atom. The van der Waals surface area contributed by atoms with Gasteiger partial charge < -0.3 is 14.3 Å². The van der Waals surface area contributed by atoms with Gasteiger partial charge in [-0.1, -0.05) is 0 Å². The Morgan fingerprint density at radius 1 is 1.18 bits per heavy atom. The van der Waals surface area contributed by atoms with Crippen LogP contribution in [-0.2, 0) is 33.5 Å². The first-order valence-corrected chi connectivity index (χ1v) is 4.75. The number of rotatable bonds is 5. The summed E-state index contributed by atoms with van der Waals surface area (Å²) in [4.78, 5) is 48.7. The minimum atomic E-state index is -1.03. The number of hydroxylamine groups is 2. The smallest absolute Gasteiger partial charge is 0.344 e. The van der Waals surface area contributed by atoms with Gasteiger partial charge in [0.15, 0.2) is 6.79 Å². The lowest BCUT2D eigenvalue weighted by Gasteiger charge is -2.11. The van der Waals surface area contributed by atoms with Gasteiger partial charge in [-0.25, -0.2) is 4.79 Å². The molecule has 1 fully saturated rings. The standard InChI is InChI=1S/C9H11NO7/c1-15-5-16-8(13)4-9(14)17-10-6(11)2-3-7(10)12/h2-5H2,1H3. The van der Waals surface area contributed by atoms with Crippen LogP contribution in [-0.4, -0.2) is 42.7 Å². The quantitative estimate of drug-likeness (QED) is 0.268. The van der Waals surface area contributed by atoms with Crippen LogP contribution in [0.1, 0.15) is 19.3 Å². The van der Waals surface area contributed by atoms with Crippen molar-refractivity contribution in [3.8, 4) is 0 Å². The molecule has 17 heavy (non-hydrogen) atoms. The summed E-state index contributed by atoms with van der Waals surface area (Å²) >= 11 is 0. The zero-order valence-corrected chi connectivity index (χ0v) is 9.13. The van der Waals surface area contributed by atoms with Crippen molar-refractivity contribution in [1.82, 2.24) is 5.06 Å². The van der Waals surface area contributed by atoms with Gasteiger partial charge in [-0.15, -0.1) is 5.06 Å². The SMILES string of the molecule is COCOC(=O)CC(=O)ON1C(=O)CCC1=O. The third-order valence-electron chi connectivity index (χ3n) is 1.83. The number of esters is 1. The van der Waals surface area contributed by atoms with Crippen LogP contribution in [0.4, 0.5) is 0 Å². The van der Waals surface area contributed by atoms with E-state index in [1.165, 1.54) is 7.11 Å². The summed E-state index contributed by atoms with van der Waals surface area (Å²) in [6, 6.07) is 0. The van der Waals surface area contributed by atoms with E-state index >= 15 is 0 Å². The van der Waals surface area contributed by atoms with Crippen molar-refractivity contribution in [2.24, 2.45) is 0 Å². The molecule has 0 radical (unpaired) electrons. The van der Waals surface area contributed by atoms with E-state index in [2.05, 4.69) is 14.3 Å². The number of nitrogens with zero attached hydrogens (tertiary/aromatic N) is 1. The number of ether oxygens (including phenoxy) is 2. The van der Waals surface area contributed by atoms with Crippen LogP contribution in [0.15, 0.2) is 0 Å². The molecule has 8 nitrogen and oxygen atoms in total. The summed E-state index contributed by atoms with van der Waals surface area (Å²) in [5.74, 6) is -3.10. The van der Waals surface area contributed by atoms with Crippen LogP contribution < -0.4 is 0 Å². The normalized spacial score (nSPS) is 15.0. The molecule has 0 bridgehead atoms. The number of imide groups is 1. The largest absolute Gasteiger partial charge is 0.438 e. The summed E-state index contributed by atoms with van der Waals surface area (Å²) in [7, 11) is 1.31. The molecule has 0 aromatic carbocycles. The molecule has 1 heterocycles. The second kappa shape index (κ2) is 5.94. The lowest BCUT2D eigenvalue weighted by Crippen LogP contribution is -2.32. The lowest BCUT2D eigenvalue weighted by atomic mass is 10.4. The first kappa shape index (κ1) is 13.1. The molecule has 0 spiro atoms. The lowest BCUT2D eigenvalue weighted by molar-refractivity contribution is -0.199. The zero-order valence-electron chi connectivity index (χ0n) is 9.13. The van der Waals surface area contributed by atoms with Crippen molar-refractivity contribution in [1.29, 1.82) is 0 Å². The van der Waals surface area contributed by atoms with Crippen LogP contribution in [0, 0.1) is 0 Å². The number of amides is 2. The second-order valence-corrected chi connectivity index (χ2v) is 3.14. The zero-order chi connectivity index (χ0) is 12.8. The highest BCUT2D eigenvalue weighted by Crippen LogP contribution is 2.12. The van der Waals surface area contributed by atoms with E-state index in [1.54, 1.807) is 0 Å². The molecule has 1 aliphatic rings. The second-order valence-electron chi connectivity index (χ2n) is 3.14. The fraction of sp³-hybridized carbons (Fsp3) is 0.556. The minimum absolute atomic E-state index is 0.000233. The maximum Gasteiger partial charge on any atom is 0.344 e. The topological polar surface area (TPSA) is 99.2 Å². The van der Waals surface area contributed by atoms with Crippen molar-refractivity contribution in [3.05, 3.63) is 0 Å². The van der Waals surface area contributed by atoms with E-state index in [0.29, 0.717) is 5.06 Å². The maximum absolute atomic E-state index is 11.2. The van der Waals surface area contributed by atoms with Gasteiger partial charge in [-0.2, -0.15) is 0 Å². The Morgan fingerprint density at radius 2 is 1.76 bits per heavy atom. The molecule has 0 saturated carbocycles. The number of hydrogen-bond donors (Lipinski definition) is 0. The number of carbonyl (C=O) groups is 4. The first-order chi connectivity index (χ1) is 8.04. The molecular formula is C9H11NO7. The van der Waals surface area contributed by atoms with E-state index in [1.807, 2.05) is 0 Å². The van der Waals surface area contributed by atoms with Crippen molar-refractivity contribution in [3.63, 3.8) is 0 Å². The Bertz CT molecular complexity index is 335. The van der Waals surface area contributed by atoms with Gasteiger partial charge in [-0.3, -0.25) is 14.4 Å². The average Bonchev–Trinajstić information content (AvgIpc) is 2.58. The van der Waals surface area contributed by atoms with Gasteiger partial charge >= 0.3 is 11.9 Å². The number of methoxy groups -OCH3 is 1. The van der Waals surface area contributed by atoms with Gasteiger partial charge in [0, 0.05) is 20.0 Å². The molecule has 0 N–H and O–H groups in total. The van der Waals surface area contributed by atoms with Gasteiger partial charge in [-0.05, 0) is 0 Å². The van der Waals surface area contributed by atoms with E-state index in [0.717, 1.165) is 0 Å². The van der Waals surface area contributed by atoms with Gasteiger partial charge in [0.25, 0.3) is 11.8 Å². The third-order valence-corrected chi connectivity index (χ3v) is 1.83. The van der Waals surface area contributed by atoms with Crippen molar-refractivity contribution < 1.29 is 33.5 Å². The van der Waals surface area contributed by atoms with Crippen LogP contribution in [0.3, 0.4) is 0 Å². The van der Waals surface area contributed by atoms with E-state index < -0.39 is 30.2 Å². The molecule has 0 unspecified atom stereocenters.